The summed E-state index contributed by atoms with van der Waals surface area (Å²) in [6.45, 7) is 0. The maximum Gasteiger partial charge on any atom is 0.113 e. The molecule has 0 bridgehead atoms. The van der Waals surface area contributed by atoms with E-state index in [1.165, 1.54) is 5.06 Å². The highest BCUT2D eigenvalue weighted by Crippen LogP contribution is 2.36. The quantitative estimate of drug-likeness (QED) is 0.299. The molecule has 2 nitrogen and oxygen atoms in total. The Morgan fingerprint density at radius 3 is 1.39 bits per heavy atom. The van der Waals surface area contributed by atoms with Gasteiger partial charge in [0.15, 0.2) is 0 Å². The fourth-order valence-corrected chi connectivity index (χ4v) is 3.73. The number of hydrogen-bond acceptors (Lipinski definition) is 2. The highest BCUT2D eigenvalue weighted by molar-refractivity contribution is 14.1. The van der Waals surface area contributed by atoms with Gasteiger partial charge in [0.25, 0.3) is 0 Å². The van der Waals surface area contributed by atoms with E-state index in [-0.39, 0.29) is 8.10 Å². The van der Waals surface area contributed by atoms with Gasteiger partial charge in [0.2, 0.25) is 0 Å². The molecule has 94 valence electrons. The monoisotopic (exact) mass is 465 g/mol. The second kappa shape index (κ2) is 6.83. The average Bonchev–Trinajstić information content (AvgIpc) is 2.47. The third kappa shape index (κ3) is 3.43. The lowest BCUT2D eigenvalue weighted by Gasteiger charge is -2.26. The van der Waals surface area contributed by atoms with Gasteiger partial charge in [-0.05, 0) is 11.1 Å². The second-order valence-corrected chi connectivity index (χ2v) is 6.23. The predicted octanol–water partition coefficient (Wildman–Crippen LogP) is 4.95. The fourth-order valence-electron chi connectivity index (χ4n) is 1.64. The molecule has 0 aliphatic rings. The first kappa shape index (κ1) is 14.2. The Morgan fingerprint density at radius 1 is 0.722 bits per heavy atom. The summed E-state index contributed by atoms with van der Waals surface area (Å²) in [6, 6.07) is 20.0. The minimum atomic E-state index is -0.0640. The molecule has 0 aliphatic heterocycles. The van der Waals surface area contributed by atoms with Crippen molar-refractivity contribution < 1.29 is 5.21 Å². The van der Waals surface area contributed by atoms with Gasteiger partial charge >= 0.3 is 0 Å². The Bertz CT molecular complexity index is 432. The molecule has 0 radical (unpaired) electrons. The molecular weight excluding hydrogens is 452 g/mol. The molecule has 18 heavy (non-hydrogen) atoms. The molecule has 4 heteroatoms. The standard InChI is InChI=1S/C14H13I2NO/c15-13(11-7-3-1-4-8-11)17(18)14(16)12-9-5-2-6-10-12/h1-10,13-14,18H. The van der Waals surface area contributed by atoms with Crippen LogP contribution in [0, 0.1) is 0 Å². The molecule has 0 aromatic heterocycles. The molecule has 2 aromatic rings. The van der Waals surface area contributed by atoms with Crippen molar-refractivity contribution in [2.24, 2.45) is 0 Å². The third-order valence-electron chi connectivity index (χ3n) is 2.61. The molecule has 0 aliphatic carbocycles. The number of hydroxylamine groups is 2. The fraction of sp³-hybridized carbons (Fsp3) is 0.143. The van der Waals surface area contributed by atoms with Gasteiger partial charge < -0.3 is 5.21 Å². The molecule has 1 N–H and O–H groups in total. The van der Waals surface area contributed by atoms with E-state index in [0.29, 0.717) is 0 Å². The molecule has 2 aromatic carbocycles. The number of rotatable bonds is 4. The van der Waals surface area contributed by atoms with E-state index in [4.69, 9.17) is 0 Å². The molecule has 2 rings (SSSR count). The molecule has 0 heterocycles. The molecule has 2 atom stereocenters. The van der Waals surface area contributed by atoms with Crippen molar-refractivity contribution in [2.45, 2.75) is 8.10 Å². The number of benzene rings is 2. The van der Waals surface area contributed by atoms with Crippen LogP contribution in [0.15, 0.2) is 60.7 Å². The summed E-state index contributed by atoms with van der Waals surface area (Å²) in [7, 11) is 0. The average molecular weight is 465 g/mol. The maximum absolute atomic E-state index is 10.3. The van der Waals surface area contributed by atoms with Crippen LogP contribution in [0.1, 0.15) is 19.2 Å². The molecule has 0 saturated carbocycles. The minimum Gasteiger partial charge on any atom is -0.311 e. The lowest BCUT2D eigenvalue weighted by atomic mass is 10.2. The minimum absolute atomic E-state index is 0.0640. The Kier molecular flexibility index (Phi) is 5.40. The summed E-state index contributed by atoms with van der Waals surface area (Å²) in [6.07, 6.45) is 0. The summed E-state index contributed by atoms with van der Waals surface area (Å²) < 4.78 is -0.128. The van der Waals surface area contributed by atoms with Crippen molar-refractivity contribution in [1.29, 1.82) is 0 Å². The number of halogens is 2. The van der Waals surface area contributed by atoms with E-state index < -0.39 is 0 Å². The topological polar surface area (TPSA) is 23.5 Å². The Morgan fingerprint density at radius 2 is 1.06 bits per heavy atom. The Balaban J connectivity index is 2.14. The van der Waals surface area contributed by atoms with E-state index >= 15 is 0 Å². The highest BCUT2D eigenvalue weighted by Gasteiger charge is 2.23. The summed E-state index contributed by atoms with van der Waals surface area (Å²) in [5.41, 5.74) is 2.19. The lowest BCUT2D eigenvalue weighted by Crippen LogP contribution is -2.23. The van der Waals surface area contributed by atoms with E-state index in [1.807, 2.05) is 60.7 Å². The van der Waals surface area contributed by atoms with Crippen LogP contribution in [-0.2, 0) is 0 Å². The zero-order valence-corrected chi connectivity index (χ0v) is 13.9. The van der Waals surface area contributed by atoms with Crippen molar-refractivity contribution >= 4 is 45.2 Å². The molecule has 0 amide bonds. The van der Waals surface area contributed by atoms with Crippen molar-refractivity contribution in [3.05, 3.63) is 71.8 Å². The molecule has 0 fully saturated rings. The Hall–Kier alpha value is -0.180. The van der Waals surface area contributed by atoms with E-state index in [2.05, 4.69) is 45.2 Å². The van der Waals surface area contributed by atoms with Crippen molar-refractivity contribution in [3.8, 4) is 0 Å². The second-order valence-electron chi connectivity index (χ2n) is 3.87. The number of alkyl halides is 2. The predicted molar refractivity (Wildman–Crippen MR) is 90.0 cm³/mol. The van der Waals surface area contributed by atoms with Crippen molar-refractivity contribution in [2.75, 3.05) is 0 Å². The van der Waals surface area contributed by atoms with Crippen LogP contribution in [0.25, 0.3) is 0 Å². The van der Waals surface area contributed by atoms with E-state index in [1.54, 1.807) is 0 Å². The van der Waals surface area contributed by atoms with Crippen LogP contribution in [-0.4, -0.2) is 10.3 Å². The first-order valence-electron chi connectivity index (χ1n) is 5.55. The summed E-state index contributed by atoms with van der Waals surface area (Å²) in [4.78, 5) is 0. The summed E-state index contributed by atoms with van der Waals surface area (Å²) in [5, 5.41) is 11.7. The lowest BCUT2D eigenvalue weighted by molar-refractivity contribution is -0.104. The van der Waals surface area contributed by atoms with Crippen LogP contribution in [0.4, 0.5) is 0 Å². The van der Waals surface area contributed by atoms with Gasteiger partial charge in [-0.25, -0.2) is 0 Å². The highest BCUT2D eigenvalue weighted by atomic mass is 127. The van der Waals surface area contributed by atoms with Gasteiger partial charge in [0.1, 0.15) is 8.10 Å². The van der Waals surface area contributed by atoms with Gasteiger partial charge in [-0.3, -0.25) is 0 Å². The third-order valence-corrected chi connectivity index (χ3v) is 5.19. The van der Waals surface area contributed by atoms with E-state index in [9.17, 15) is 5.21 Å². The zero-order valence-electron chi connectivity index (χ0n) is 9.58. The van der Waals surface area contributed by atoms with E-state index in [0.717, 1.165) is 11.1 Å². The van der Waals surface area contributed by atoms with Crippen molar-refractivity contribution in [1.82, 2.24) is 5.06 Å². The molecule has 2 unspecified atom stereocenters. The van der Waals surface area contributed by atoms with Crippen molar-refractivity contribution in [3.63, 3.8) is 0 Å². The summed E-state index contributed by atoms with van der Waals surface area (Å²) in [5.74, 6) is 0. The van der Waals surface area contributed by atoms with Crippen LogP contribution in [0.3, 0.4) is 0 Å². The van der Waals surface area contributed by atoms with Crippen LogP contribution >= 0.6 is 45.2 Å². The smallest absolute Gasteiger partial charge is 0.113 e. The van der Waals surface area contributed by atoms with Crippen LogP contribution in [0.2, 0.25) is 0 Å². The molecule has 0 saturated heterocycles. The molecule has 0 spiro atoms. The first-order chi connectivity index (χ1) is 8.70. The van der Waals surface area contributed by atoms with Gasteiger partial charge in [-0.2, -0.15) is 5.06 Å². The maximum atomic E-state index is 10.3. The normalized spacial score (nSPS) is 14.4. The SMILES string of the molecule is ON(C(I)c1ccccc1)C(I)c1ccccc1. The van der Waals surface area contributed by atoms with Gasteiger partial charge in [-0.15, -0.1) is 0 Å². The largest absolute Gasteiger partial charge is 0.311 e. The van der Waals surface area contributed by atoms with Crippen LogP contribution in [0.5, 0.6) is 0 Å². The summed E-state index contributed by atoms with van der Waals surface area (Å²) >= 11 is 4.49. The van der Waals surface area contributed by atoms with Gasteiger partial charge in [-0.1, -0.05) is 106 Å². The number of nitrogens with zero attached hydrogens (tertiary/aromatic N) is 1. The zero-order chi connectivity index (χ0) is 13.0. The number of hydrogen-bond donors (Lipinski definition) is 1. The molecular formula is C14H13I2NO. The first-order valence-corrected chi connectivity index (χ1v) is 8.04. The van der Waals surface area contributed by atoms with Crippen LogP contribution < -0.4 is 0 Å². The van der Waals surface area contributed by atoms with Gasteiger partial charge in [0, 0.05) is 0 Å². The Labute approximate surface area is 134 Å². The van der Waals surface area contributed by atoms with Gasteiger partial charge in [0.05, 0.1) is 0 Å².